The van der Waals surface area contributed by atoms with Crippen LogP contribution in [0.25, 0.3) is 0 Å². The predicted molar refractivity (Wildman–Crippen MR) is 53.6 cm³/mol. The SMILES string of the molecule is BC(=O)c1ccc(NC(C)=O)cc1. The molecule has 66 valence electrons. The summed E-state index contributed by atoms with van der Waals surface area (Å²) in [6.07, 6.45) is 0. The number of nitrogens with one attached hydrogen (secondary N) is 1. The second-order valence-corrected chi connectivity index (χ2v) is 2.81. The molecule has 0 radical (unpaired) electrons. The molecule has 3 nitrogen and oxygen atoms in total. The van der Waals surface area contributed by atoms with Crippen LogP contribution < -0.4 is 5.32 Å². The van der Waals surface area contributed by atoms with Crippen LogP contribution in [0, 0.1) is 0 Å². The van der Waals surface area contributed by atoms with E-state index in [2.05, 4.69) is 5.32 Å². The minimum atomic E-state index is -0.115. The van der Waals surface area contributed by atoms with E-state index in [1.165, 1.54) is 14.8 Å². The molecule has 0 spiro atoms. The van der Waals surface area contributed by atoms with Crippen molar-refractivity contribution >= 4 is 25.1 Å². The molecule has 0 aliphatic rings. The molecule has 0 atom stereocenters. The number of anilines is 1. The van der Waals surface area contributed by atoms with E-state index in [-0.39, 0.29) is 11.6 Å². The Morgan fingerprint density at radius 2 is 1.77 bits per heavy atom. The van der Waals surface area contributed by atoms with E-state index in [1.807, 2.05) is 0 Å². The molecule has 1 aromatic carbocycles. The molecule has 0 aliphatic heterocycles. The van der Waals surface area contributed by atoms with E-state index < -0.39 is 0 Å². The van der Waals surface area contributed by atoms with Gasteiger partial charge >= 0.3 is 0 Å². The highest BCUT2D eigenvalue weighted by Crippen LogP contribution is 2.08. The summed E-state index contributed by atoms with van der Waals surface area (Å²) < 4.78 is 0. The average Bonchev–Trinajstić information content (AvgIpc) is 2.04. The summed E-state index contributed by atoms with van der Waals surface area (Å²) in [4.78, 5) is 21.5. The standard InChI is InChI=1S/C9H10BNO2/c1-6(12)11-8-4-2-7(3-5-8)9(10)13/h2-5H,10H2,1H3,(H,11,12). The molecule has 0 aliphatic carbocycles. The van der Waals surface area contributed by atoms with Gasteiger partial charge in [0.2, 0.25) is 5.91 Å². The van der Waals surface area contributed by atoms with Gasteiger partial charge in [-0.1, -0.05) is 12.1 Å². The number of hydrogen-bond donors (Lipinski definition) is 1. The van der Waals surface area contributed by atoms with Crippen molar-refractivity contribution in [3.63, 3.8) is 0 Å². The molecule has 0 fully saturated rings. The van der Waals surface area contributed by atoms with Gasteiger partial charge in [-0.25, -0.2) is 0 Å². The van der Waals surface area contributed by atoms with Gasteiger partial charge in [0.1, 0.15) is 5.68 Å². The Balaban J connectivity index is 2.81. The first kappa shape index (κ1) is 9.51. The Morgan fingerprint density at radius 1 is 1.23 bits per heavy atom. The van der Waals surface area contributed by atoms with Gasteiger partial charge in [0.15, 0.2) is 7.85 Å². The molecular weight excluding hydrogens is 165 g/mol. The van der Waals surface area contributed by atoms with E-state index in [0.717, 1.165) is 0 Å². The van der Waals surface area contributed by atoms with Crippen molar-refractivity contribution in [1.82, 2.24) is 0 Å². The molecule has 4 heteroatoms. The summed E-state index contributed by atoms with van der Waals surface area (Å²) in [7, 11) is 1.51. The number of carbonyl (C=O) groups excluding carboxylic acids is 2. The lowest BCUT2D eigenvalue weighted by molar-refractivity contribution is -0.114. The summed E-state index contributed by atoms with van der Waals surface area (Å²) >= 11 is 0. The fourth-order valence-corrected chi connectivity index (χ4v) is 0.992. The Bertz CT molecular complexity index is 332. The molecule has 1 aromatic rings. The lowest BCUT2D eigenvalue weighted by atomic mass is 9.95. The summed E-state index contributed by atoms with van der Waals surface area (Å²) in [5.41, 5.74) is 1.38. The van der Waals surface area contributed by atoms with Gasteiger partial charge in [0.05, 0.1) is 0 Å². The van der Waals surface area contributed by atoms with E-state index in [1.54, 1.807) is 24.3 Å². The zero-order chi connectivity index (χ0) is 9.84. The quantitative estimate of drug-likeness (QED) is 0.662. The smallest absolute Gasteiger partial charge is 0.221 e. The fourth-order valence-electron chi connectivity index (χ4n) is 0.992. The van der Waals surface area contributed by atoms with Gasteiger partial charge in [-0.2, -0.15) is 0 Å². The van der Waals surface area contributed by atoms with Crippen LogP contribution in [-0.2, 0) is 4.79 Å². The summed E-state index contributed by atoms with van der Waals surface area (Å²) in [5.74, 6) is -0.115. The summed E-state index contributed by atoms with van der Waals surface area (Å²) in [6.45, 7) is 1.44. The van der Waals surface area contributed by atoms with Gasteiger partial charge in [-0.15, -0.1) is 0 Å². The monoisotopic (exact) mass is 175 g/mol. The van der Waals surface area contributed by atoms with Crippen LogP contribution in [-0.4, -0.2) is 19.4 Å². The Hall–Kier alpha value is -1.58. The number of carbonyl (C=O) groups is 2. The van der Waals surface area contributed by atoms with Crippen molar-refractivity contribution in [3.8, 4) is 0 Å². The third-order valence-electron chi connectivity index (χ3n) is 1.61. The van der Waals surface area contributed by atoms with Gasteiger partial charge in [0, 0.05) is 18.2 Å². The highest BCUT2D eigenvalue weighted by atomic mass is 16.1. The number of rotatable bonds is 2. The topological polar surface area (TPSA) is 46.2 Å². The van der Waals surface area contributed by atoms with E-state index in [0.29, 0.717) is 11.3 Å². The first-order chi connectivity index (χ1) is 6.09. The van der Waals surface area contributed by atoms with Crippen LogP contribution in [0.5, 0.6) is 0 Å². The van der Waals surface area contributed by atoms with Crippen molar-refractivity contribution in [3.05, 3.63) is 29.8 Å². The van der Waals surface area contributed by atoms with Crippen LogP contribution in [0.3, 0.4) is 0 Å². The maximum Gasteiger partial charge on any atom is 0.221 e. The van der Waals surface area contributed by atoms with Gasteiger partial charge in [-0.3, -0.25) is 4.79 Å². The number of amides is 1. The van der Waals surface area contributed by atoms with Crippen LogP contribution in [0.2, 0.25) is 0 Å². The molecule has 0 bridgehead atoms. The first-order valence-corrected chi connectivity index (χ1v) is 3.98. The Morgan fingerprint density at radius 3 is 2.15 bits per heavy atom. The molecule has 1 N–H and O–H groups in total. The highest BCUT2D eigenvalue weighted by Gasteiger charge is 1.98. The summed E-state index contributed by atoms with van der Waals surface area (Å²) in [6, 6.07) is 6.79. The predicted octanol–water partition coefficient (Wildman–Crippen LogP) is 0.418. The molecule has 13 heavy (non-hydrogen) atoms. The third kappa shape index (κ3) is 2.74. The molecule has 1 amide bonds. The second kappa shape index (κ2) is 3.89. The second-order valence-electron chi connectivity index (χ2n) is 2.81. The maximum absolute atomic E-state index is 10.9. The first-order valence-electron chi connectivity index (χ1n) is 3.98. The zero-order valence-corrected chi connectivity index (χ0v) is 7.63. The van der Waals surface area contributed by atoms with Crippen LogP contribution >= 0.6 is 0 Å². The van der Waals surface area contributed by atoms with Crippen LogP contribution in [0.1, 0.15) is 17.3 Å². The van der Waals surface area contributed by atoms with Gasteiger partial charge in [-0.05, 0) is 12.1 Å². The van der Waals surface area contributed by atoms with E-state index in [4.69, 9.17) is 0 Å². The highest BCUT2D eigenvalue weighted by molar-refractivity contribution is 6.62. The Kier molecular flexibility index (Phi) is 2.85. The van der Waals surface area contributed by atoms with Gasteiger partial charge < -0.3 is 10.1 Å². The molecule has 0 saturated heterocycles. The number of benzene rings is 1. The maximum atomic E-state index is 10.9. The van der Waals surface area contributed by atoms with Gasteiger partial charge in [0.25, 0.3) is 0 Å². The Labute approximate surface area is 77.6 Å². The number of hydrogen-bond acceptors (Lipinski definition) is 2. The van der Waals surface area contributed by atoms with Crippen molar-refractivity contribution in [2.45, 2.75) is 6.92 Å². The molecule has 0 unspecified atom stereocenters. The third-order valence-corrected chi connectivity index (χ3v) is 1.61. The summed E-state index contributed by atoms with van der Waals surface area (Å²) in [5, 5.41) is 2.62. The fraction of sp³-hybridized carbons (Fsp3) is 0.111. The van der Waals surface area contributed by atoms with E-state index >= 15 is 0 Å². The largest absolute Gasteiger partial charge is 0.326 e. The lowest BCUT2D eigenvalue weighted by Gasteiger charge is -2.01. The molecule has 0 saturated carbocycles. The van der Waals surface area contributed by atoms with Crippen molar-refractivity contribution in [2.75, 3.05) is 5.32 Å². The van der Waals surface area contributed by atoms with E-state index in [9.17, 15) is 9.59 Å². The molecule has 0 heterocycles. The average molecular weight is 175 g/mol. The van der Waals surface area contributed by atoms with Crippen molar-refractivity contribution < 1.29 is 9.59 Å². The minimum absolute atomic E-state index is 0.0226. The zero-order valence-electron chi connectivity index (χ0n) is 7.63. The van der Waals surface area contributed by atoms with Crippen LogP contribution in [0.4, 0.5) is 5.69 Å². The van der Waals surface area contributed by atoms with Crippen molar-refractivity contribution in [2.24, 2.45) is 0 Å². The molecule has 1 rings (SSSR count). The molecule has 0 aromatic heterocycles. The minimum Gasteiger partial charge on any atom is -0.326 e. The van der Waals surface area contributed by atoms with Crippen molar-refractivity contribution in [1.29, 1.82) is 0 Å². The molecular formula is C9H10BNO2. The van der Waals surface area contributed by atoms with Crippen LogP contribution in [0.15, 0.2) is 24.3 Å². The normalized spacial score (nSPS) is 9.31. The lowest BCUT2D eigenvalue weighted by Crippen LogP contribution is -2.06.